The van der Waals surface area contributed by atoms with Gasteiger partial charge in [-0.15, -0.1) is 0 Å². The molecule has 0 bridgehead atoms. The van der Waals surface area contributed by atoms with E-state index in [4.69, 9.17) is 9.47 Å². The maximum Gasteiger partial charge on any atom is 0.323 e. The Bertz CT molecular complexity index is 504. The Labute approximate surface area is 119 Å². The highest BCUT2D eigenvalue weighted by Crippen LogP contribution is 2.28. The highest BCUT2D eigenvalue weighted by Gasteiger charge is 2.10. The van der Waals surface area contributed by atoms with Crippen molar-refractivity contribution in [3.8, 4) is 11.5 Å². The fourth-order valence-electron chi connectivity index (χ4n) is 2.21. The fraction of sp³-hybridized carbons (Fsp3) is 0.400. The van der Waals surface area contributed by atoms with Gasteiger partial charge in [0.05, 0.1) is 19.9 Å². The number of ether oxygens (including phenoxy) is 2. The first-order valence-corrected chi connectivity index (χ1v) is 6.70. The largest absolute Gasteiger partial charge is 0.497 e. The Morgan fingerprint density at radius 1 is 1.20 bits per heavy atom. The molecule has 0 unspecified atom stereocenters. The molecule has 1 fully saturated rings. The van der Waals surface area contributed by atoms with Crippen molar-refractivity contribution in [3.63, 3.8) is 0 Å². The zero-order valence-corrected chi connectivity index (χ0v) is 11.9. The normalized spacial score (nSPS) is 13.8. The minimum absolute atomic E-state index is 0.282. The molecule has 5 nitrogen and oxygen atoms in total. The first-order valence-electron chi connectivity index (χ1n) is 6.70. The number of carbonyl (C=O) groups excluding carboxylic acids is 1. The molecule has 0 heterocycles. The van der Waals surface area contributed by atoms with Crippen LogP contribution in [-0.4, -0.2) is 20.3 Å². The molecule has 0 aliphatic heterocycles. The number of amides is 2. The molecule has 0 atom stereocenters. The van der Waals surface area contributed by atoms with Gasteiger partial charge >= 0.3 is 6.03 Å². The molecule has 20 heavy (non-hydrogen) atoms. The van der Waals surface area contributed by atoms with Crippen LogP contribution in [0.15, 0.2) is 30.0 Å². The van der Waals surface area contributed by atoms with Crippen molar-refractivity contribution in [2.45, 2.75) is 25.7 Å². The van der Waals surface area contributed by atoms with Crippen molar-refractivity contribution in [3.05, 3.63) is 30.0 Å². The van der Waals surface area contributed by atoms with Crippen LogP contribution in [0.3, 0.4) is 0 Å². The SMILES string of the molecule is COc1ccc(OC)c(NC(=O)NC=C2CCCC2)c1. The van der Waals surface area contributed by atoms with E-state index in [1.54, 1.807) is 38.6 Å². The third-order valence-corrected chi connectivity index (χ3v) is 3.31. The number of rotatable bonds is 4. The number of nitrogens with one attached hydrogen (secondary N) is 2. The van der Waals surface area contributed by atoms with Gasteiger partial charge in [-0.1, -0.05) is 5.57 Å². The van der Waals surface area contributed by atoms with Gasteiger partial charge in [0.1, 0.15) is 11.5 Å². The number of benzene rings is 1. The first-order chi connectivity index (χ1) is 9.72. The zero-order chi connectivity index (χ0) is 14.4. The maximum absolute atomic E-state index is 11.9. The lowest BCUT2D eigenvalue weighted by molar-refractivity contribution is 0.255. The number of methoxy groups -OCH3 is 2. The third-order valence-electron chi connectivity index (χ3n) is 3.31. The molecule has 2 amide bonds. The van der Waals surface area contributed by atoms with Crippen molar-refractivity contribution >= 4 is 11.7 Å². The summed E-state index contributed by atoms with van der Waals surface area (Å²) in [6.07, 6.45) is 6.36. The van der Waals surface area contributed by atoms with Crippen LogP contribution < -0.4 is 20.1 Å². The van der Waals surface area contributed by atoms with Gasteiger partial charge in [-0.3, -0.25) is 0 Å². The van der Waals surface area contributed by atoms with Crippen molar-refractivity contribution in [1.82, 2.24) is 5.32 Å². The van der Waals surface area contributed by atoms with Gasteiger partial charge in [-0.05, 0) is 37.8 Å². The van der Waals surface area contributed by atoms with E-state index in [1.165, 1.54) is 18.4 Å². The van der Waals surface area contributed by atoms with Crippen LogP contribution in [0.5, 0.6) is 11.5 Å². The first kappa shape index (κ1) is 14.2. The molecule has 1 aromatic carbocycles. The van der Waals surface area contributed by atoms with E-state index >= 15 is 0 Å². The van der Waals surface area contributed by atoms with Crippen molar-refractivity contribution in [2.75, 3.05) is 19.5 Å². The zero-order valence-electron chi connectivity index (χ0n) is 11.9. The number of hydrogen-bond donors (Lipinski definition) is 2. The predicted molar refractivity (Wildman–Crippen MR) is 78.3 cm³/mol. The molecule has 0 spiro atoms. The number of carbonyl (C=O) groups is 1. The summed E-state index contributed by atoms with van der Waals surface area (Å²) in [6.45, 7) is 0. The Balaban J connectivity index is 2.00. The Kier molecular flexibility index (Phi) is 4.87. The molecular weight excluding hydrogens is 256 g/mol. The molecule has 0 radical (unpaired) electrons. The van der Waals surface area contributed by atoms with Crippen LogP contribution in [0.2, 0.25) is 0 Å². The van der Waals surface area contributed by atoms with Gasteiger partial charge in [-0.2, -0.15) is 0 Å². The van der Waals surface area contributed by atoms with Crippen LogP contribution in [0.4, 0.5) is 10.5 Å². The van der Waals surface area contributed by atoms with Crippen LogP contribution in [-0.2, 0) is 0 Å². The average molecular weight is 276 g/mol. The Morgan fingerprint density at radius 3 is 2.60 bits per heavy atom. The fourth-order valence-corrected chi connectivity index (χ4v) is 2.21. The van der Waals surface area contributed by atoms with E-state index in [9.17, 15) is 4.79 Å². The number of anilines is 1. The minimum atomic E-state index is -0.282. The molecule has 0 saturated heterocycles. The number of urea groups is 1. The van der Waals surface area contributed by atoms with Crippen molar-refractivity contribution < 1.29 is 14.3 Å². The summed E-state index contributed by atoms with van der Waals surface area (Å²) >= 11 is 0. The van der Waals surface area contributed by atoms with Gasteiger partial charge in [0, 0.05) is 12.3 Å². The monoisotopic (exact) mass is 276 g/mol. The summed E-state index contributed by atoms with van der Waals surface area (Å²) < 4.78 is 10.3. The van der Waals surface area contributed by atoms with Crippen LogP contribution in [0, 0.1) is 0 Å². The molecule has 2 N–H and O–H groups in total. The van der Waals surface area contributed by atoms with Crippen LogP contribution in [0.1, 0.15) is 25.7 Å². The minimum Gasteiger partial charge on any atom is -0.497 e. The third kappa shape index (κ3) is 3.66. The van der Waals surface area contributed by atoms with E-state index in [2.05, 4.69) is 10.6 Å². The molecule has 108 valence electrons. The van der Waals surface area contributed by atoms with Crippen LogP contribution in [0.25, 0.3) is 0 Å². The maximum atomic E-state index is 11.9. The van der Waals surface area contributed by atoms with E-state index in [1.807, 2.05) is 0 Å². The Morgan fingerprint density at radius 2 is 1.95 bits per heavy atom. The summed E-state index contributed by atoms with van der Waals surface area (Å²) in [5.74, 6) is 1.25. The van der Waals surface area contributed by atoms with Gasteiger partial charge in [0.15, 0.2) is 0 Å². The smallest absolute Gasteiger partial charge is 0.323 e. The van der Waals surface area contributed by atoms with Crippen LogP contribution >= 0.6 is 0 Å². The highest BCUT2D eigenvalue weighted by atomic mass is 16.5. The molecule has 1 saturated carbocycles. The summed E-state index contributed by atoms with van der Waals surface area (Å²) in [5.41, 5.74) is 1.87. The Hall–Kier alpha value is -2.17. The van der Waals surface area contributed by atoms with E-state index in [0.29, 0.717) is 17.2 Å². The van der Waals surface area contributed by atoms with E-state index in [0.717, 1.165) is 12.8 Å². The molecular formula is C15H20N2O3. The van der Waals surface area contributed by atoms with Crippen molar-refractivity contribution in [1.29, 1.82) is 0 Å². The van der Waals surface area contributed by atoms with E-state index in [-0.39, 0.29) is 6.03 Å². The lowest BCUT2D eigenvalue weighted by Gasteiger charge is -2.11. The van der Waals surface area contributed by atoms with Gasteiger partial charge < -0.3 is 20.1 Å². The summed E-state index contributed by atoms with van der Waals surface area (Å²) in [5, 5.41) is 5.51. The van der Waals surface area contributed by atoms with Gasteiger partial charge in [0.2, 0.25) is 0 Å². The standard InChI is InChI=1S/C15H20N2O3/c1-19-12-7-8-14(20-2)13(9-12)17-15(18)16-10-11-5-3-4-6-11/h7-10H,3-6H2,1-2H3,(H2,16,17,18). The van der Waals surface area contributed by atoms with E-state index < -0.39 is 0 Å². The molecule has 1 aliphatic carbocycles. The number of hydrogen-bond acceptors (Lipinski definition) is 3. The number of allylic oxidation sites excluding steroid dienone is 1. The van der Waals surface area contributed by atoms with Gasteiger partial charge in [-0.25, -0.2) is 4.79 Å². The average Bonchev–Trinajstić information content (AvgIpc) is 2.98. The van der Waals surface area contributed by atoms with Gasteiger partial charge in [0.25, 0.3) is 0 Å². The molecule has 2 rings (SSSR count). The lowest BCUT2D eigenvalue weighted by Crippen LogP contribution is -2.24. The molecule has 0 aromatic heterocycles. The second-order valence-electron chi connectivity index (χ2n) is 4.67. The summed E-state index contributed by atoms with van der Waals surface area (Å²) in [4.78, 5) is 11.9. The lowest BCUT2D eigenvalue weighted by atomic mass is 10.2. The summed E-state index contributed by atoms with van der Waals surface area (Å²) in [6, 6.07) is 4.98. The second-order valence-corrected chi connectivity index (χ2v) is 4.67. The molecule has 1 aromatic rings. The van der Waals surface area contributed by atoms with Crippen molar-refractivity contribution in [2.24, 2.45) is 0 Å². The summed E-state index contributed by atoms with van der Waals surface area (Å²) in [7, 11) is 3.14. The predicted octanol–water partition coefficient (Wildman–Crippen LogP) is 3.28. The second kappa shape index (κ2) is 6.84. The quantitative estimate of drug-likeness (QED) is 0.887. The topological polar surface area (TPSA) is 59.6 Å². The molecule has 1 aliphatic rings. The highest BCUT2D eigenvalue weighted by molar-refractivity contribution is 5.91. The molecule has 5 heteroatoms.